The number of nitrogens with zero attached hydrogens (tertiary/aromatic N) is 1. The van der Waals surface area contributed by atoms with Crippen LogP contribution in [-0.4, -0.2) is 19.7 Å². The summed E-state index contributed by atoms with van der Waals surface area (Å²) >= 11 is 0. The third-order valence-corrected chi connectivity index (χ3v) is 3.79. The Kier molecular flexibility index (Phi) is 11.9. The van der Waals surface area contributed by atoms with Crippen LogP contribution in [0.1, 0.15) is 28.9 Å². The number of esters is 1. The van der Waals surface area contributed by atoms with Crippen molar-refractivity contribution in [2.45, 2.75) is 13.0 Å². The van der Waals surface area contributed by atoms with E-state index in [0.717, 1.165) is 17.8 Å². The third-order valence-electron chi connectivity index (χ3n) is 3.79. The van der Waals surface area contributed by atoms with E-state index in [2.05, 4.69) is 10.2 Å². The molecule has 0 amide bonds. The zero-order valence-electron chi connectivity index (χ0n) is 17.0. The van der Waals surface area contributed by atoms with Gasteiger partial charge in [0.05, 0.1) is 25.4 Å². The first-order chi connectivity index (χ1) is 13.9. The van der Waals surface area contributed by atoms with Crippen molar-refractivity contribution in [3.63, 3.8) is 0 Å². The van der Waals surface area contributed by atoms with Crippen LogP contribution in [-0.2, 0) is 9.57 Å². The zero-order chi connectivity index (χ0) is 21.2. The molecule has 1 unspecified atom stereocenters. The van der Waals surface area contributed by atoms with Crippen molar-refractivity contribution in [1.29, 1.82) is 0 Å². The maximum Gasteiger partial charge on any atom is 1.00 e. The number of methoxy groups -OCH3 is 1. The molecule has 0 aliphatic carbocycles. The van der Waals surface area contributed by atoms with Crippen LogP contribution in [0.5, 0.6) is 5.75 Å². The molecule has 0 bridgehead atoms. The molecule has 0 saturated heterocycles. The fourth-order valence-corrected chi connectivity index (χ4v) is 2.21. The third kappa shape index (κ3) is 8.54. The molecule has 6 nitrogen and oxygen atoms in total. The van der Waals surface area contributed by atoms with Gasteiger partial charge in [0.15, 0.2) is 0 Å². The molecule has 9 heteroatoms. The maximum absolute atomic E-state index is 13.6. The summed E-state index contributed by atoms with van der Waals surface area (Å²) in [6.07, 6.45) is 1.36. The van der Waals surface area contributed by atoms with E-state index < -0.39 is 23.7 Å². The molecule has 154 valence electrons. The zero-order valence-corrected chi connectivity index (χ0v) is 20.1. The van der Waals surface area contributed by atoms with E-state index in [1.54, 1.807) is 31.2 Å². The van der Waals surface area contributed by atoms with E-state index in [4.69, 9.17) is 15.3 Å². The summed E-state index contributed by atoms with van der Waals surface area (Å²) in [6.45, 7) is 1.62. The monoisotopic (exact) mass is 442 g/mol. The van der Waals surface area contributed by atoms with Gasteiger partial charge in [-0.1, -0.05) is 12.1 Å². The van der Waals surface area contributed by atoms with Gasteiger partial charge in [-0.05, 0) is 55.0 Å². The predicted octanol–water partition coefficient (Wildman–Crippen LogP) is 1.72. The van der Waals surface area contributed by atoms with E-state index >= 15 is 0 Å². The number of allylic oxidation sites excluding steroid dienone is 2. The summed E-state index contributed by atoms with van der Waals surface area (Å²) in [5, 5.41) is 0. The van der Waals surface area contributed by atoms with Crippen LogP contribution >= 0.6 is 0 Å². The Morgan fingerprint density at radius 3 is 2.37 bits per heavy atom. The number of carbonyl (C=O) groups excluding carboxylic acids is 1. The molecule has 0 saturated carbocycles. The Morgan fingerprint density at radius 1 is 1.17 bits per heavy atom. The molecular formula is C21H21F2KN2O4. The van der Waals surface area contributed by atoms with Crippen molar-refractivity contribution < 1.29 is 79.3 Å². The number of nitrogens with two attached hydrogens (primary N) is 1. The molecule has 0 spiro atoms. The first-order valence-corrected chi connectivity index (χ1v) is 8.64. The molecular weight excluding hydrogens is 421 g/mol. The molecule has 0 radical (unpaired) electrons. The fourth-order valence-electron chi connectivity index (χ4n) is 2.21. The van der Waals surface area contributed by atoms with Crippen molar-refractivity contribution in [1.82, 2.24) is 0 Å². The van der Waals surface area contributed by atoms with Gasteiger partial charge >= 0.3 is 57.4 Å². The van der Waals surface area contributed by atoms with Crippen LogP contribution in [0.15, 0.2) is 72.3 Å². The molecule has 2 aromatic rings. The van der Waals surface area contributed by atoms with Crippen LogP contribution in [0.3, 0.4) is 0 Å². The van der Waals surface area contributed by atoms with Crippen LogP contribution in [0.25, 0.3) is 5.48 Å². The van der Waals surface area contributed by atoms with Gasteiger partial charge in [-0.25, -0.2) is 13.6 Å². The quantitative estimate of drug-likeness (QED) is 0.277. The Hall–Kier alpha value is -1.75. The van der Waals surface area contributed by atoms with Gasteiger partial charge in [-0.15, -0.1) is 5.70 Å². The summed E-state index contributed by atoms with van der Waals surface area (Å²) < 4.78 is 36.6. The number of hydrogen-bond acceptors (Lipinski definition) is 5. The summed E-state index contributed by atoms with van der Waals surface area (Å²) in [5.74, 6) is -1.17. The predicted molar refractivity (Wildman–Crippen MR) is 104 cm³/mol. The first kappa shape index (κ1) is 26.3. The number of hydroxylamine groups is 1. The van der Waals surface area contributed by atoms with Gasteiger partial charge in [-0.3, -0.25) is 0 Å². The van der Waals surface area contributed by atoms with Crippen LogP contribution in [0, 0.1) is 5.82 Å². The van der Waals surface area contributed by atoms with Gasteiger partial charge in [0.25, 0.3) is 0 Å². The minimum Gasteiger partial charge on any atom is -0.562 e. The molecule has 30 heavy (non-hydrogen) atoms. The van der Waals surface area contributed by atoms with E-state index in [0.29, 0.717) is 11.3 Å². The van der Waals surface area contributed by atoms with E-state index in [9.17, 15) is 13.6 Å². The molecule has 0 fully saturated rings. The molecule has 0 aliphatic heterocycles. The van der Waals surface area contributed by atoms with E-state index in [1.165, 1.54) is 31.4 Å². The largest absolute Gasteiger partial charge is 1.00 e. The summed E-state index contributed by atoms with van der Waals surface area (Å²) in [5.41, 5.74) is 10.4. The van der Waals surface area contributed by atoms with E-state index in [-0.39, 0.29) is 63.7 Å². The SMILES string of the molecule is COC(=O)c1ccc(C(C)O[N-]/C(=C/C(F)=C\N)COc2ccc(F)cc2)cc1.[K+]. The van der Waals surface area contributed by atoms with Gasteiger partial charge in [0, 0.05) is 6.20 Å². The number of hydrogen-bond donors (Lipinski definition) is 1. The smallest absolute Gasteiger partial charge is 0.562 e. The second-order valence-corrected chi connectivity index (χ2v) is 5.88. The van der Waals surface area contributed by atoms with Crippen LogP contribution in [0.2, 0.25) is 0 Å². The van der Waals surface area contributed by atoms with Crippen molar-refractivity contribution in [3.8, 4) is 5.75 Å². The standard InChI is InChI=1S/C21H21F2N2O4.K/c1-14(15-3-5-16(6-4-15)21(26)27-2)29-25-19(11-18(23)12-24)13-28-20-9-7-17(22)8-10-20;/h3-12,14H,13,24H2,1-2H3;/q-1;+1/b18-12+,19-11+;. The second kappa shape index (κ2) is 13.5. The van der Waals surface area contributed by atoms with Crippen molar-refractivity contribution in [2.24, 2.45) is 5.73 Å². The molecule has 0 aromatic heterocycles. The summed E-state index contributed by atoms with van der Waals surface area (Å²) in [7, 11) is 1.30. The van der Waals surface area contributed by atoms with Crippen LogP contribution in [0.4, 0.5) is 8.78 Å². The Labute approximate surface area is 216 Å². The number of benzene rings is 2. The summed E-state index contributed by atoms with van der Waals surface area (Å²) in [6, 6.07) is 12.0. The Balaban J connectivity index is 0.00000450. The normalized spacial score (nSPS) is 12.5. The number of halogens is 2. The molecule has 0 heterocycles. The van der Waals surface area contributed by atoms with Crippen molar-refractivity contribution in [3.05, 3.63) is 94.8 Å². The number of ether oxygens (including phenoxy) is 2. The number of rotatable bonds is 9. The van der Waals surface area contributed by atoms with Gasteiger partial charge < -0.3 is 25.5 Å². The van der Waals surface area contributed by atoms with E-state index in [1.807, 2.05) is 0 Å². The Bertz CT molecular complexity index is 872. The maximum atomic E-state index is 13.6. The first-order valence-electron chi connectivity index (χ1n) is 8.64. The topological polar surface area (TPSA) is 84.9 Å². The van der Waals surface area contributed by atoms with Gasteiger partial charge in [-0.2, -0.15) is 0 Å². The Morgan fingerprint density at radius 2 is 1.80 bits per heavy atom. The van der Waals surface area contributed by atoms with Gasteiger partial charge in [0.1, 0.15) is 17.4 Å². The average molecular weight is 443 g/mol. The molecule has 2 aromatic carbocycles. The average Bonchev–Trinajstić information content (AvgIpc) is 2.75. The minimum atomic E-state index is -0.717. The van der Waals surface area contributed by atoms with Crippen molar-refractivity contribution in [2.75, 3.05) is 13.7 Å². The molecule has 0 aliphatic rings. The second-order valence-electron chi connectivity index (χ2n) is 5.88. The van der Waals surface area contributed by atoms with Crippen LogP contribution < -0.4 is 61.9 Å². The molecule has 2 N–H and O–H groups in total. The number of carbonyl (C=O) groups is 1. The molecule has 1 atom stereocenters. The van der Waals surface area contributed by atoms with Crippen molar-refractivity contribution >= 4 is 5.97 Å². The van der Waals surface area contributed by atoms with Gasteiger partial charge in [0.2, 0.25) is 0 Å². The molecule has 2 rings (SSSR count). The summed E-state index contributed by atoms with van der Waals surface area (Å²) in [4.78, 5) is 16.9. The fraction of sp³-hybridized carbons (Fsp3) is 0.190. The minimum absolute atomic E-state index is 0.